The van der Waals surface area contributed by atoms with E-state index in [1.54, 1.807) is 18.2 Å². The highest BCUT2D eigenvalue weighted by Gasteiger charge is 2.21. The summed E-state index contributed by atoms with van der Waals surface area (Å²) in [6.45, 7) is 5.72. The van der Waals surface area contributed by atoms with Gasteiger partial charge in [0.2, 0.25) is 0 Å². The third kappa shape index (κ3) is 7.14. The Bertz CT molecular complexity index is 905. The molecule has 1 atom stereocenters. The van der Waals surface area contributed by atoms with Crippen molar-refractivity contribution in [2.45, 2.75) is 26.1 Å². The quantitative estimate of drug-likeness (QED) is 0.553. The number of morpholine rings is 1. The molecule has 0 radical (unpaired) electrons. The zero-order valence-electron chi connectivity index (χ0n) is 17.2. The molecule has 1 aliphatic rings. The number of furan rings is 1. The van der Waals surface area contributed by atoms with Gasteiger partial charge in [0.25, 0.3) is 5.91 Å². The second-order valence-electron chi connectivity index (χ2n) is 7.17. The molecule has 1 aliphatic heterocycles. The molecule has 10 heteroatoms. The van der Waals surface area contributed by atoms with Crippen LogP contribution in [0.15, 0.2) is 34.7 Å². The number of carbonyl (C=O) groups is 2. The summed E-state index contributed by atoms with van der Waals surface area (Å²) in [4.78, 5) is 26.1. The Hall–Kier alpha value is -2.26. The molecule has 1 saturated heterocycles. The van der Waals surface area contributed by atoms with Crippen molar-refractivity contribution < 1.29 is 18.7 Å². The summed E-state index contributed by atoms with van der Waals surface area (Å²) >= 11 is 12.1. The minimum Gasteiger partial charge on any atom is -0.454 e. The fourth-order valence-corrected chi connectivity index (χ4v) is 3.54. The minimum absolute atomic E-state index is 0.116. The predicted octanol–water partition coefficient (Wildman–Crippen LogP) is 3.04. The Morgan fingerprint density at radius 1 is 1.13 bits per heavy atom. The van der Waals surface area contributed by atoms with E-state index in [9.17, 15) is 9.59 Å². The van der Waals surface area contributed by atoms with Gasteiger partial charge in [0.15, 0.2) is 5.76 Å². The van der Waals surface area contributed by atoms with E-state index in [-0.39, 0.29) is 30.3 Å². The fourth-order valence-electron chi connectivity index (χ4n) is 3.22. The zero-order valence-corrected chi connectivity index (χ0v) is 18.8. The zero-order chi connectivity index (χ0) is 22.2. The molecular weight excluding hydrogens is 443 g/mol. The minimum atomic E-state index is -0.332. The van der Waals surface area contributed by atoms with E-state index in [2.05, 4.69) is 20.9 Å². The van der Waals surface area contributed by atoms with Gasteiger partial charge < -0.3 is 25.1 Å². The van der Waals surface area contributed by atoms with Gasteiger partial charge in [-0.3, -0.25) is 9.69 Å². The van der Waals surface area contributed by atoms with Crippen LogP contribution in [-0.4, -0.2) is 55.7 Å². The molecule has 2 aromatic rings. The van der Waals surface area contributed by atoms with E-state index in [1.165, 1.54) is 0 Å². The van der Waals surface area contributed by atoms with Crippen molar-refractivity contribution in [3.05, 3.63) is 57.5 Å². The highest BCUT2D eigenvalue weighted by atomic mass is 35.5. The van der Waals surface area contributed by atoms with E-state index >= 15 is 0 Å². The molecule has 1 unspecified atom stereocenters. The third-order valence-corrected chi connectivity index (χ3v) is 5.49. The highest BCUT2D eigenvalue weighted by molar-refractivity contribution is 6.42. The van der Waals surface area contributed by atoms with E-state index < -0.39 is 0 Å². The first-order valence-electron chi connectivity index (χ1n) is 10.1. The summed E-state index contributed by atoms with van der Waals surface area (Å²) in [5, 5.41) is 9.26. The van der Waals surface area contributed by atoms with Gasteiger partial charge in [-0.15, -0.1) is 0 Å². The van der Waals surface area contributed by atoms with Crippen LogP contribution < -0.4 is 16.0 Å². The Kier molecular flexibility index (Phi) is 8.60. The number of amides is 3. The first-order valence-corrected chi connectivity index (χ1v) is 10.9. The summed E-state index contributed by atoms with van der Waals surface area (Å²) in [7, 11) is 0. The summed E-state index contributed by atoms with van der Waals surface area (Å²) in [5.74, 6) is 0.438. The van der Waals surface area contributed by atoms with Crippen molar-refractivity contribution in [3.8, 4) is 0 Å². The Labute approximate surface area is 191 Å². The van der Waals surface area contributed by atoms with Gasteiger partial charge in [-0.25, -0.2) is 4.79 Å². The van der Waals surface area contributed by atoms with E-state index in [0.717, 1.165) is 18.7 Å². The Morgan fingerprint density at radius 3 is 2.74 bits per heavy atom. The van der Waals surface area contributed by atoms with Crippen LogP contribution >= 0.6 is 23.2 Å². The molecule has 1 aromatic carbocycles. The largest absolute Gasteiger partial charge is 0.454 e. The highest BCUT2D eigenvalue weighted by Crippen LogP contribution is 2.23. The standard InChI is InChI=1S/C21H26Cl2N4O4/c1-2-24-20(28)19-6-4-15(31-19)10-25-21(29)26-11-16-13-27(7-8-30-16)12-14-3-5-17(22)18(23)9-14/h3-6,9,16H,2,7-8,10-13H2,1H3,(H,24,28)(H2,25,26,29). The third-order valence-electron chi connectivity index (χ3n) is 4.75. The number of rotatable bonds is 8. The van der Waals surface area contributed by atoms with Crippen LogP contribution in [0.3, 0.4) is 0 Å². The SMILES string of the molecule is CCNC(=O)c1ccc(CNC(=O)NCC2CN(Cc3ccc(Cl)c(Cl)c3)CCO2)o1. The van der Waals surface area contributed by atoms with Gasteiger partial charge in [0, 0.05) is 32.7 Å². The molecular formula is C21H26Cl2N4O4. The van der Waals surface area contributed by atoms with Crippen LogP contribution in [0, 0.1) is 0 Å². The second kappa shape index (κ2) is 11.4. The van der Waals surface area contributed by atoms with Crippen molar-refractivity contribution in [1.29, 1.82) is 0 Å². The maximum Gasteiger partial charge on any atom is 0.315 e. The Morgan fingerprint density at radius 2 is 1.97 bits per heavy atom. The number of hydrogen-bond acceptors (Lipinski definition) is 5. The molecule has 1 fully saturated rings. The van der Waals surface area contributed by atoms with Gasteiger partial charge >= 0.3 is 6.03 Å². The molecule has 0 bridgehead atoms. The number of hydrogen-bond donors (Lipinski definition) is 3. The smallest absolute Gasteiger partial charge is 0.315 e. The number of halogens is 2. The maximum absolute atomic E-state index is 12.1. The maximum atomic E-state index is 12.1. The van der Waals surface area contributed by atoms with Crippen molar-refractivity contribution in [1.82, 2.24) is 20.9 Å². The summed E-state index contributed by atoms with van der Waals surface area (Å²) in [5.41, 5.74) is 1.08. The molecule has 0 saturated carbocycles. The van der Waals surface area contributed by atoms with Crippen molar-refractivity contribution in [2.75, 3.05) is 32.8 Å². The first-order chi connectivity index (χ1) is 14.9. The van der Waals surface area contributed by atoms with Gasteiger partial charge in [0.05, 0.1) is 29.3 Å². The molecule has 168 valence electrons. The Balaban J connectivity index is 1.39. The summed E-state index contributed by atoms with van der Waals surface area (Å²) < 4.78 is 11.2. The predicted molar refractivity (Wildman–Crippen MR) is 118 cm³/mol. The average Bonchev–Trinajstić information content (AvgIpc) is 3.23. The van der Waals surface area contributed by atoms with E-state index in [1.807, 2.05) is 19.1 Å². The van der Waals surface area contributed by atoms with Gasteiger partial charge in [-0.1, -0.05) is 29.3 Å². The summed E-state index contributed by atoms with van der Waals surface area (Å²) in [6.07, 6.45) is -0.116. The number of nitrogens with zero attached hydrogens (tertiary/aromatic N) is 1. The van der Waals surface area contributed by atoms with Gasteiger partial charge in [-0.2, -0.15) is 0 Å². The lowest BCUT2D eigenvalue weighted by Crippen LogP contribution is -2.48. The monoisotopic (exact) mass is 468 g/mol. The van der Waals surface area contributed by atoms with E-state index in [4.69, 9.17) is 32.4 Å². The molecule has 3 amide bonds. The van der Waals surface area contributed by atoms with Crippen LogP contribution in [0.25, 0.3) is 0 Å². The molecule has 0 spiro atoms. The lowest BCUT2D eigenvalue weighted by atomic mass is 10.2. The molecule has 0 aliphatic carbocycles. The molecule has 1 aromatic heterocycles. The van der Waals surface area contributed by atoms with Crippen LogP contribution in [0.4, 0.5) is 4.79 Å². The van der Waals surface area contributed by atoms with Crippen molar-refractivity contribution in [2.24, 2.45) is 0 Å². The number of urea groups is 1. The second-order valence-corrected chi connectivity index (χ2v) is 7.98. The van der Waals surface area contributed by atoms with Crippen LogP contribution in [0.2, 0.25) is 10.0 Å². The number of nitrogens with one attached hydrogen (secondary N) is 3. The molecule has 3 N–H and O–H groups in total. The average molecular weight is 469 g/mol. The van der Waals surface area contributed by atoms with Crippen LogP contribution in [0.5, 0.6) is 0 Å². The van der Waals surface area contributed by atoms with Gasteiger partial charge in [-0.05, 0) is 36.8 Å². The normalized spacial score (nSPS) is 16.7. The number of carbonyl (C=O) groups excluding carboxylic acids is 2. The van der Waals surface area contributed by atoms with E-state index in [0.29, 0.717) is 42.0 Å². The van der Waals surface area contributed by atoms with Crippen LogP contribution in [-0.2, 0) is 17.8 Å². The lowest BCUT2D eigenvalue weighted by Gasteiger charge is -2.33. The fraction of sp³-hybridized carbons (Fsp3) is 0.429. The first kappa shape index (κ1) is 23.4. The summed E-state index contributed by atoms with van der Waals surface area (Å²) in [6, 6.07) is 8.53. The number of ether oxygens (including phenoxy) is 1. The molecule has 8 nitrogen and oxygen atoms in total. The van der Waals surface area contributed by atoms with Crippen molar-refractivity contribution >= 4 is 35.1 Å². The van der Waals surface area contributed by atoms with Crippen molar-refractivity contribution in [3.63, 3.8) is 0 Å². The molecule has 31 heavy (non-hydrogen) atoms. The van der Waals surface area contributed by atoms with Gasteiger partial charge in [0.1, 0.15) is 5.76 Å². The topological polar surface area (TPSA) is 95.8 Å². The molecule has 3 rings (SSSR count). The van der Waals surface area contributed by atoms with Crippen LogP contribution in [0.1, 0.15) is 28.8 Å². The number of benzene rings is 1. The molecule has 2 heterocycles. The lowest BCUT2D eigenvalue weighted by molar-refractivity contribution is -0.0287.